The van der Waals surface area contributed by atoms with Gasteiger partial charge in [0.25, 0.3) is 6.71 Å². The molecular formula is C41H43BN2. The van der Waals surface area contributed by atoms with Crippen molar-refractivity contribution in [2.24, 2.45) is 0 Å². The van der Waals surface area contributed by atoms with E-state index in [1.807, 2.05) is 0 Å². The highest BCUT2D eigenvalue weighted by atomic mass is 15.2. The molecule has 0 bridgehead atoms. The van der Waals surface area contributed by atoms with Gasteiger partial charge in [-0.3, -0.25) is 0 Å². The molecule has 2 heterocycles. The molecule has 0 amide bonds. The van der Waals surface area contributed by atoms with Crippen molar-refractivity contribution in [3.63, 3.8) is 0 Å². The summed E-state index contributed by atoms with van der Waals surface area (Å²) in [7, 11) is 0. The van der Waals surface area contributed by atoms with Crippen molar-refractivity contribution in [3.8, 4) is 0 Å². The average Bonchev–Trinajstić information content (AvgIpc) is 3.00. The first-order chi connectivity index (χ1) is 20.9. The average molecular weight is 575 g/mol. The molecule has 5 aromatic rings. The van der Waals surface area contributed by atoms with E-state index in [1.165, 1.54) is 67.2 Å². The fraction of sp³-hybridized carbons (Fsp3) is 0.268. The van der Waals surface area contributed by atoms with Crippen molar-refractivity contribution in [3.05, 3.63) is 126 Å². The first kappa shape index (κ1) is 28.5. The molecule has 7 rings (SSSR count). The summed E-state index contributed by atoms with van der Waals surface area (Å²) < 4.78 is 0. The summed E-state index contributed by atoms with van der Waals surface area (Å²) in [5, 5.41) is 0. The van der Waals surface area contributed by atoms with Gasteiger partial charge in [0.2, 0.25) is 0 Å². The maximum Gasteiger partial charge on any atom is 0.252 e. The van der Waals surface area contributed by atoms with Crippen LogP contribution in [0.3, 0.4) is 0 Å². The van der Waals surface area contributed by atoms with Crippen LogP contribution < -0.4 is 26.2 Å². The zero-order valence-electron chi connectivity index (χ0n) is 27.4. The number of hydrogen-bond donors (Lipinski definition) is 0. The fourth-order valence-electron chi connectivity index (χ4n) is 7.02. The fourth-order valence-corrected chi connectivity index (χ4v) is 7.02. The molecule has 5 aromatic carbocycles. The third kappa shape index (κ3) is 4.56. The lowest BCUT2D eigenvalue weighted by Gasteiger charge is -2.45. The standard InChI is InChI=1S/C41H43BN2/c1-27(2)28-24-37-39-38(25-28)44(32-21-18-29(19-22-32)40(3,4)5)35-17-13-12-16-33(35)42(39)34-26-30(41(6,7)8)20-23-36(34)43(37)31-14-10-9-11-15-31/h9-27H,1-8H3. The molecule has 2 aliphatic rings. The minimum absolute atomic E-state index is 0.0479. The van der Waals surface area contributed by atoms with Crippen LogP contribution in [-0.4, -0.2) is 6.71 Å². The molecule has 0 radical (unpaired) electrons. The summed E-state index contributed by atoms with van der Waals surface area (Å²) in [5.74, 6) is 0.388. The molecule has 0 unspecified atom stereocenters. The van der Waals surface area contributed by atoms with Gasteiger partial charge in [0, 0.05) is 34.1 Å². The van der Waals surface area contributed by atoms with E-state index in [9.17, 15) is 0 Å². The van der Waals surface area contributed by atoms with Crippen LogP contribution in [0.15, 0.2) is 109 Å². The van der Waals surface area contributed by atoms with Gasteiger partial charge in [0.1, 0.15) is 0 Å². The molecule has 0 fully saturated rings. The second kappa shape index (κ2) is 10.2. The second-order valence-corrected chi connectivity index (χ2v) is 14.9. The largest absolute Gasteiger partial charge is 0.311 e. The Hall–Kier alpha value is -4.24. The molecule has 2 nitrogen and oxygen atoms in total. The van der Waals surface area contributed by atoms with Crippen LogP contribution in [0.4, 0.5) is 34.1 Å². The zero-order chi connectivity index (χ0) is 31.0. The van der Waals surface area contributed by atoms with Crippen molar-refractivity contribution in [1.82, 2.24) is 0 Å². The molecule has 0 aromatic heterocycles. The number of benzene rings is 5. The van der Waals surface area contributed by atoms with Gasteiger partial charge in [-0.05, 0) is 98.4 Å². The summed E-state index contributed by atoms with van der Waals surface area (Å²) in [6.45, 7) is 18.6. The normalized spacial score (nSPS) is 14.0. The number of anilines is 6. The zero-order valence-corrected chi connectivity index (χ0v) is 27.4. The van der Waals surface area contributed by atoms with Crippen molar-refractivity contribution >= 4 is 57.2 Å². The third-order valence-corrected chi connectivity index (χ3v) is 9.54. The van der Waals surface area contributed by atoms with Gasteiger partial charge < -0.3 is 9.80 Å². The molecule has 0 aliphatic carbocycles. The number of fused-ring (bicyclic) bond motifs is 4. The van der Waals surface area contributed by atoms with Crippen LogP contribution in [0.1, 0.15) is 78.0 Å². The monoisotopic (exact) mass is 574 g/mol. The van der Waals surface area contributed by atoms with E-state index < -0.39 is 0 Å². The molecule has 44 heavy (non-hydrogen) atoms. The van der Waals surface area contributed by atoms with Gasteiger partial charge in [-0.15, -0.1) is 0 Å². The van der Waals surface area contributed by atoms with Crippen LogP contribution >= 0.6 is 0 Å². The van der Waals surface area contributed by atoms with Crippen LogP contribution in [0.25, 0.3) is 0 Å². The SMILES string of the molecule is CC(C)c1cc2c3c(c1)N(c1ccccc1)c1ccc(C(C)(C)C)cc1B3c1ccccc1N2c1ccc(C(C)(C)C)cc1. The quantitative estimate of drug-likeness (QED) is 0.194. The van der Waals surface area contributed by atoms with E-state index in [2.05, 4.69) is 174 Å². The van der Waals surface area contributed by atoms with Crippen molar-refractivity contribution in [1.29, 1.82) is 0 Å². The van der Waals surface area contributed by atoms with Gasteiger partial charge >= 0.3 is 0 Å². The first-order valence-electron chi connectivity index (χ1n) is 16.1. The lowest BCUT2D eigenvalue weighted by molar-refractivity contribution is 0.590. The predicted molar refractivity (Wildman–Crippen MR) is 192 cm³/mol. The molecule has 0 spiro atoms. The van der Waals surface area contributed by atoms with Crippen molar-refractivity contribution < 1.29 is 0 Å². The first-order valence-corrected chi connectivity index (χ1v) is 16.1. The van der Waals surface area contributed by atoms with E-state index in [0.29, 0.717) is 5.92 Å². The Morgan fingerprint density at radius 3 is 1.61 bits per heavy atom. The summed E-state index contributed by atoms with van der Waals surface area (Å²) >= 11 is 0. The Kier molecular flexibility index (Phi) is 6.59. The molecular weight excluding hydrogens is 531 g/mol. The molecule has 0 saturated carbocycles. The maximum atomic E-state index is 2.52. The minimum Gasteiger partial charge on any atom is -0.311 e. The topological polar surface area (TPSA) is 6.48 Å². The van der Waals surface area contributed by atoms with E-state index in [0.717, 1.165) is 0 Å². The van der Waals surface area contributed by atoms with E-state index in [1.54, 1.807) is 0 Å². The summed E-state index contributed by atoms with van der Waals surface area (Å²) in [5.41, 5.74) is 15.8. The smallest absolute Gasteiger partial charge is 0.252 e. The maximum absolute atomic E-state index is 2.52. The Bertz CT molecular complexity index is 1860. The molecule has 220 valence electrons. The Balaban J connectivity index is 1.57. The van der Waals surface area contributed by atoms with E-state index in [4.69, 9.17) is 0 Å². The van der Waals surface area contributed by atoms with Crippen molar-refractivity contribution in [2.45, 2.75) is 72.1 Å². The van der Waals surface area contributed by atoms with Gasteiger partial charge in [0.05, 0.1) is 0 Å². The lowest BCUT2D eigenvalue weighted by atomic mass is 9.33. The Morgan fingerprint density at radius 1 is 0.500 bits per heavy atom. The molecule has 3 heteroatoms. The molecule has 0 saturated heterocycles. The Morgan fingerprint density at radius 2 is 1.02 bits per heavy atom. The van der Waals surface area contributed by atoms with Gasteiger partial charge in [-0.25, -0.2) is 0 Å². The van der Waals surface area contributed by atoms with E-state index >= 15 is 0 Å². The predicted octanol–water partition coefficient (Wildman–Crippen LogP) is 9.49. The van der Waals surface area contributed by atoms with Gasteiger partial charge in [-0.1, -0.05) is 116 Å². The highest BCUT2D eigenvalue weighted by Gasteiger charge is 2.43. The van der Waals surface area contributed by atoms with E-state index in [-0.39, 0.29) is 17.5 Å². The summed E-state index contributed by atoms with van der Waals surface area (Å²) in [6, 6.07) is 41.4. The number of rotatable bonds is 3. The second-order valence-electron chi connectivity index (χ2n) is 14.9. The number of nitrogens with zero attached hydrogens (tertiary/aromatic N) is 2. The highest BCUT2D eigenvalue weighted by molar-refractivity contribution is 7.00. The van der Waals surface area contributed by atoms with Gasteiger partial charge in [0.15, 0.2) is 0 Å². The summed E-state index contributed by atoms with van der Waals surface area (Å²) in [4.78, 5) is 5.03. The molecule has 0 atom stereocenters. The molecule has 2 aliphatic heterocycles. The van der Waals surface area contributed by atoms with Crippen LogP contribution in [-0.2, 0) is 10.8 Å². The van der Waals surface area contributed by atoms with Crippen LogP contribution in [0.2, 0.25) is 0 Å². The number of para-hydroxylation sites is 2. The Labute approximate surface area is 264 Å². The number of hydrogen-bond acceptors (Lipinski definition) is 2. The lowest BCUT2D eigenvalue weighted by Crippen LogP contribution is -2.61. The minimum atomic E-state index is 0.0479. The summed E-state index contributed by atoms with van der Waals surface area (Å²) in [6.07, 6.45) is 0. The van der Waals surface area contributed by atoms with Crippen molar-refractivity contribution in [2.75, 3.05) is 9.80 Å². The third-order valence-electron chi connectivity index (χ3n) is 9.54. The van der Waals surface area contributed by atoms with Gasteiger partial charge in [-0.2, -0.15) is 0 Å². The van der Waals surface area contributed by atoms with Crippen LogP contribution in [0.5, 0.6) is 0 Å². The highest BCUT2D eigenvalue weighted by Crippen LogP contribution is 2.45. The molecule has 0 N–H and O–H groups in total. The van der Waals surface area contributed by atoms with Crippen LogP contribution in [0, 0.1) is 0 Å².